The first-order valence-electron chi connectivity index (χ1n) is 7.03. The first kappa shape index (κ1) is 15.3. The summed E-state index contributed by atoms with van der Waals surface area (Å²) >= 11 is 0. The summed E-state index contributed by atoms with van der Waals surface area (Å²) in [4.78, 5) is 0. The summed E-state index contributed by atoms with van der Waals surface area (Å²) in [6, 6.07) is 11.9. The largest absolute Gasteiger partial charge is 0.508 e. The summed E-state index contributed by atoms with van der Waals surface area (Å²) in [5, 5.41) is 21.7. The number of aromatic hydroxyl groups is 2. The topological polar surface area (TPSA) is 52.5 Å². The fourth-order valence-electron chi connectivity index (χ4n) is 2.10. The lowest BCUT2D eigenvalue weighted by Gasteiger charge is -2.14. The average Bonchev–Trinajstić information content (AvgIpc) is 2.48. The Kier molecular flexibility index (Phi) is 5.17. The Hall–Kier alpha value is -2.07. The zero-order valence-electron chi connectivity index (χ0n) is 12.0. The molecule has 0 radical (unpaired) electrons. The standard InChI is InChI=1S/C17H20FNO2/c1-12(2-3-13-4-7-15(20)8-5-13)19-11-14-6-9-17(21)16(18)10-14/h4-10,12,19-21H,2-3,11H2,1H3. The van der Waals surface area contributed by atoms with Gasteiger partial charge in [-0.25, -0.2) is 4.39 Å². The summed E-state index contributed by atoms with van der Waals surface area (Å²) in [5.41, 5.74) is 1.99. The van der Waals surface area contributed by atoms with Crippen LogP contribution in [-0.4, -0.2) is 16.3 Å². The Morgan fingerprint density at radius 2 is 1.71 bits per heavy atom. The molecule has 112 valence electrons. The third-order valence-corrected chi connectivity index (χ3v) is 3.47. The quantitative estimate of drug-likeness (QED) is 0.764. The molecule has 0 aliphatic rings. The number of benzene rings is 2. The highest BCUT2D eigenvalue weighted by atomic mass is 19.1. The van der Waals surface area contributed by atoms with E-state index < -0.39 is 5.82 Å². The van der Waals surface area contributed by atoms with Gasteiger partial charge in [-0.1, -0.05) is 18.2 Å². The molecule has 2 aromatic carbocycles. The number of aryl methyl sites for hydroxylation is 1. The van der Waals surface area contributed by atoms with Crippen LogP contribution in [0.4, 0.5) is 4.39 Å². The molecule has 0 aliphatic heterocycles. The molecule has 2 rings (SSSR count). The summed E-state index contributed by atoms with van der Waals surface area (Å²) in [5.74, 6) is -0.635. The van der Waals surface area contributed by atoms with Crippen molar-refractivity contribution in [2.45, 2.75) is 32.4 Å². The highest BCUT2D eigenvalue weighted by molar-refractivity contribution is 5.28. The van der Waals surface area contributed by atoms with Gasteiger partial charge in [0.15, 0.2) is 11.6 Å². The molecular weight excluding hydrogens is 269 g/mol. The van der Waals surface area contributed by atoms with Crippen LogP contribution in [0.15, 0.2) is 42.5 Å². The van der Waals surface area contributed by atoms with E-state index in [1.54, 1.807) is 18.2 Å². The van der Waals surface area contributed by atoms with Crippen LogP contribution in [0.1, 0.15) is 24.5 Å². The van der Waals surface area contributed by atoms with Crippen molar-refractivity contribution in [2.24, 2.45) is 0 Å². The zero-order chi connectivity index (χ0) is 15.2. The van der Waals surface area contributed by atoms with Gasteiger partial charge in [-0.15, -0.1) is 0 Å². The molecule has 0 spiro atoms. The fourth-order valence-corrected chi connectivity index (χ4v) is 2.10. The number of phenols is 2. The molecule has 0 amide bonds. The third-order valence-electron chi connectivity index (χ3n) is 3.47. The van der Waals surface area contributed by atoms with Gasteiger partial charge in [0.25, 0.3) is 0 Å². The minimum atomic E-state index is -0.592. The number of hydrogen-bond donors (Lipinski definition) is 3. The van der Waals surface area contributed by atoms with Gasteiger partial charge in [-0.2, -0.15) is 0 Å². The normalized spacial score (nSPS) is 12.3. The maximum atomic E-state index is 13.2. The second-order valence-corrected chi connectivity index (χ2v) is 5.27. The van der Waals surface area contributed by atoms with Gasteiger partial charge in [0.2, 0.25) is 0 Å². The van der Waals surface area contributed by atoms with Gasteiger partial charge in [0.05, 0.1) is 0 Å². The van der Waals surface area contributed by atoms with Crippen LogP contribution in [0, 0.1) is 5.82 Å². The maximum absolute atomic E-state index is 13.2. The lowest BCUT2D eigenvalue weighted by Crippen LogP contribution is -2.26. The third kappa shape index (κ3) is 4.76. The van der Waals surface area contributed by atoms with Crippen LogP contribution in [0.5, 0.6) is 11.5 Å². The Bertz CT molecular complexity index is 584. The second-order valence-electron chi connectivity index (χ2n) is 5.27. The van der Waals surface area contributed by atoms with Gasteiger partial charge >= 0.3 is 0 Å². The summed E-state index contributed by atoms with van der Waals surface area (Å²) in [6.45, 7) is 2.64. The highest BCUT2D eigenvalue weighted by Gasteiger charge is 2.05. The van der Waals surface area contributed by atoms with E-state index in [-0.39, 0.29) is 17.5 Å². The first-order chi connectivity index (χ1) is 10.0. The van der Waals surface area contributed by atoms with Gasteiger partial charge in [-0.3, -0.25) is 0 Å². The predicted molar refractivity (Wildman–Crippen MR) is 80.8 cm³/mol. The minimum Gasteiger partial charge on any atom is -0.508 e. The molecule has 2 aromatic rings. The molecule has 3 nitrogen and oxygen atoms in total. The minimum absolute atomic E-state index is 0.277. The number of nitrogens with one attached hydrogen (secondary N) is 1. The summed E-state index contributed by atoms with van der Waals surface area (Å²) < 4.78 is 13.2. The summed E-state index contributed by atoms with van der Waals surface area (Å²) in [7, 11) is 0. The SMILES string of the molecule is CC(CCc1ccc(O)cc1)NCc1ccc(O)c(F)c1. The van der Waals surface area contributed by atoms with E-state index in [2.05, 4.69) is 12.2 Å². The number of phenolic OH excluding ortho intramolecular Hbond substituents is 2. The van der Waals surface area contributed by atoms with E-state index >= 15 is 0 Å². The molecule has 1 unspecified atom stereocenters. The zero-order valence-corrected chi connectivity index (χ0v) is 12.0. The van der Waals surface area contributed by atoms with Crippen molar-refractivity contribution < 1.29 is 14.6 Å². The molecule has 0 saturated carbocycles. The molecule has 21 heavy (non-hydrogen) atoms. The van der Waals surface area contributed by atoms with Crippen molar-refractivity contribution in [3.05, 3.63) is 59.4 Å². The van der Waals surface area contributed by atoms with Crippen LogP contribution in [-0.2, 0) is 13.0 Å². The van der Waals surface area contributed by atoms with E-state index in [1.165, 1.54) is 17.7 Å². The van der Waals surface area contributed by atoms with Crippen molar-refractivity contribution in [3.63, 3.8) is 0 Å². The van der Waals surface area contributed by atoms with E-state index in [0.717, 1.165) is 18.4 Å². The molecular formula is C17H20FNO2. The van der Waals surface area contributed by atoms with Crippen molar-refractivity contribution >= 4 is 0 Å². The van der Waals surface area contributed by atoms with E-state index in [4.69, 9.17) is 5.11 Å². The second kappa shape index (κ2) is 7.09. The van der Waals surface area contributed by atoms with Crippen molar-refractivity contribution in [1.29, 1.82) is 0 Å². The molecule has 0 heterocycles. The average molecular weight is 289 g/mol. The molecule has 0 fully saturated rings. The van der Waals surface area contributed by atoms with Gasteiger partial charge in [0.1, 0.15) is 5.75 Å². The Morgan fingerprint density at radius 3 is 2.38 bits per heavy atom. The van der Waals surface area contributed by atoms with Crippen LogP contribution in [0.25, 0.3) is 0 Å². The summed E-state index contributed by atoms with van der Waals surface area (Å²) in [6.07, 6.45) is 1.86. The Balaban J connectivity index is 1.77. The van der Waals surface area contributed by atoms with E-state index in [1.807, 2.05) is 12.1 Å². The lowest BCUT2D eigenvalue weighted by molar-refractivity contribution is 0.431. The van der Waals surface area contributed by atoms with Crippen molar-refractivity contribution in [3.8, 4) is 11.5 Å². The Labute approximate surface area is 124 Å². The molecule has 3 N–H and O–H groups in total. The van der Waals surface area contributed by atoms with Crippen LogP contribution in [0.3, 0.4) is 0 Å². The number of rotatable bonds is 6. The highest BCUT2D eigenvalue weighted by Crippen LogP contribution is 2.16. The number of hydrogen-bond acceptors (Lipinski definition) is 3. The van der Waals surface area contributed by atoms with Gasteiger partial charge in [-0.05, 0) is 55.2 Å². The van der Waals surface area contributed by atoms with Crippen LogP contribution < -0.4 is 5.32 Å². The first-order valence-corrected chi connectivity index (χ1v) is 7.03. The predicted octanol–water partition coefficient (Wildman–Crippen LogP) is 3.35. The Morgan fingerprint density at radius 1 is 1.05 bits per heavy atom. The monoisotopic (exact) mass is 289 g/mol. The van der Waals surface area contributed by atoms with E-state index in [0.29, 0.717) is 6.54 Å². The molecule has 1 atom stereocenters. The smallest absolute Gasteiger partial charge is 0.165 e. The molecule has 0 bridgehead atoms. The van der Waals surface area contributed by atoms with Crippen molar-refractivity contribution in [2.75, 3.05) is 0 Å². The number of halogens is 1. The van der Waals surface area contributed by atoms with Gasteiger partial charge < -0.3 is 15.5 Å². The fraction of sp³-hybridized carbons (Fsp3) is 0.294. The maximum Gasteiger partial charge on any atom is 0.165 e. The molecule has 0 aliphatic carbocycles. The molecule has 0 aromatic heterocycles. The van der Waals surface area contributed by atoms with Crippen molar-refractivity contribution in [1.82, 2.24) is 5.32 Å². The lowest BCUT2D eigenvalue weighted by atomic mass is 10.1. The van der Waals surface area contributed by atoms with Crippen LogP contribution >= 0.6 is 0 Å². The molecule has 0 saturated heterocycles. The van der Waals surface area contributed by atoms with Gasteiger partial charge in [0, 0.05) is 12.6 Å². The molecule has 4 heteroatoms. The van der Waals surface area contributed by atoms with Crippen LogP contribution in [0.2, 0.25) is 0 Å². The van der Waals surface area contributed by atoms with E-state index in [9.17, 15) is 9.50 Å².